The highest BCUT2D eigenvalue weighted by molar-refractivity contribution is 14.1. The van der Waals surface area contributed by atoms with Crippen molar-refractivity contribution in [2.45, 2.75) is 12.8 Å². The zero-order chi connectivity index (χ0) is 10.7. The molecule has 0 atom stereocenters. The van der Waals surface area contributed by atoms with Crippen LogP contribution in [0.15, 0.2) is 6.20 Å². The third-order valence-electron chi connectivity index (χ3n) is 1.56. The van der Waals surface area contributed by atoms with Gasteiger partial charge in [-0.1, -0.05) is 11.6 Å². The lowest BCUT2D eigenvalue weighted by atomic mass is 10.1. The first kappa shape index (κ1) is 11.6. The number of nitriles is 1. The number of alkyl halides is 2. The van der Waals surface area contributed by atoms with Gasteiger partial charge in [-0.3, -0.25) is 4.98 Å². The van der Waals surface area contributed by atoms with Gasteiger partial charge in [0.1, 0.15) is 5.69 Å². The fourth-order valence-corrected chi connectivity index (χ4v) is 1.72. The molecule has 0 aliphatic rings. The Bertz CT molecular complexity index is 390. The maximum Gasteiger partial charge on any atom is 0.280 e. The largest absolute Gasteiger partial charge is 0.280 e. The van der Waals surface area contributed by atoms with Crippen molar-refractivity contribution >= 4 is 34.2 Å². The Kier molecular flexibility index (Phi) is 4.01. The molecule has 0 amide bonds. The molecule has 1 rings (SSSR count). The van der Waals surface area contributed by atoms with Gasteiger partial charge in [-0.25, -0.2) is 8.78 Å². The van der Waals surface area contributed by atoms with Crippen LogP contribution in [-0.4, -0.2) is 4.98 Å². The van der Waals surface area contributed by atoms with E-state index in [1.807, 2.05) is 28.7 Å². The Labute approximate surface area is 98.0 Å². The summed E-state index contributed by atoms with van der Waals surface area (Å²) in [5.74, 6) is 0. The van der Waals surface area contributed by atoms with E-state index in [1.54, 1.807) is 0 Å². The molecular formula is C8H4ClF2IN2. The molecule has 0 saturated carbocycles. The Morgan fingerprint density at radius 1 is 1.64 bits per heavy atom. The summed E-state index contributed by atoms with van der Waals surface area (Å²) < 4.78 is 25.4. The van der Waals surface area contributed by atoms with Crippen LogP contribution in [0.3, 0.4) is 0 Å². The molecule has 6 heteroatoms. The summed E-state index contributed by atoms with van der Waals surface area (Å²) in [5, 5.41) is 8.76. The van der Waals surface area contributed by atoms with E-state index < -0.39 is 6.43 Å². The van der Waals surface area contributed by atoms with Crippen molar-refractivity contribution in [3.8, 4) is 6.07 Å². The van der Waals surface area contributed by atoms with Gasteiger partial charge >= 0.3 is 0 Å². The van der Waals surface area contributed by atoms with Gasteiger partial charge in [-0.2, -0.15) is 5.26 Å². The van der Waals surface area contributed by atoms with Gasteiger partial charge in [0.2, 0.25) is 0 Å². The van der Waals surface area contributed by atoms with Gasteiger partial charge in [0.25, 0.3) is 6.43 Å². The molecule has 0 fully saturated rings. The first-order chi connectivity index (χ1) is 6.57. The van der Waals surface area contributed by atoms with E-state index >= 15 is 0 Å². The Morgan fingerprint density at radius 3 is 2.79 bits per heavy atom. The minimum Gasteiger partial charge on any atom is -0.253 e. The van der Waals surface area contributed by atoms with Crippen LogP contribution in [0.1, 0.15) is 17.7 Å². The van der Waals surface area contributed by atoms with Gasteiger partial charge in [0.15, 0.2) is 0 Å². The molecule has 0 aromatic carbocycles. The van der Waals surface area contributed by atoms with Gasteiger partial charge < -0.3 is 0 Å². The Balaban J connectivity index is 3.31. The van der Waals surface area contributed by atoms with E-state index in [1.165, 1.54) is 6.20 Å². The maximum atomic E-state index is 12.4. The number of hydrogen-bond donors (Lipinski definition) is 0. The van der Waals surface area contributed by atoms with E-state index in [-0.39, 0.29) is 17.7 Å². The molecule has 1 heterocycles. The zero-order valence-electron chi connectivity index (χ0n) is 6.77. The lowest BCUT2D eigenvalue weighted by Crippen LogP contribution is -2.01. The first-order valence-electron chi connectivity index (χ1n) is 3.55. The average Bonchev–Trinajstić information content (AvgIpc) is 2.13. The SMILES string of the molecule is N#CCc1c(C(F)F)ncc(Cl)c1I. The number of hydrogen-bond acceptors (Lipinski definition) is 2. The molecule has 14 heavy (non-hydrogen) atoms. The predicted molar refractivity (Wildman–Crippen MR) is 56.2 cm³/mol. The standard InChI is InChI=1S/C8H4ClF2IN2/c9-5-3-14-7(8(10)11)4(1-2-13)6(5)12/h3,8H,1H2. The van der Waals surface area contributed by atoms with Crippen molar-refractivity contribution in [3.63, 3.8) is 0 Å². The van der Waals surface area contributed by atoms with E-state index in [0.717, 1.165) is 0 Å². The Hall–Kier alpha value is -0.480. The third-order valence-corrected chi connectivity index (χ3v) is 3.40. The van der Waals surface area contributed by atoms with Crippen LogP contribution in [-0.2, 0) is 6.42 Å². The second kappa shape index (κ2) is 4.84. The molecule has 0 spiro atoms. The van der Waals surface area contributed by atoms with Gasteiger partial charge in [-0.05, 0) is 22.6 Å². The average molecular weight is 328 g/mol. The van der Waals surface area contributed by atoms with E-state index in [2.05, 4.69) is 4.98 Å². The maximum absolute atomic E-state index is 12.4. The molecule has 74 valence electrons. The molecule has 0 bridgehead atoms. The fourth-order valence-electron chi connectivity index (χ4n) is 0.953. The summed E-state index contributed by atoms with van der Waals surface area (Å²) in [6.07, 6.45) is -1.61. The predicted octanol–water partition coefficient (Wildman–Crippen LogP) is 3.34. The van der Waals surface area contributed by atoms with Crippen LogP contribution in [0.2, 0.25) is 5.02 Å². The summed E-state index contributed by atoms with van der Waals surface area (Å²) in [6.45, 7) is 0. The molecule has 0 aliphatic carbocycles. The lowest BCUT2D eigenvalue weighted by molar-refractivity contribution is 0.145. The minimum atomic E-state index is -2.68. The van der Waals surface area contributed by atoms with Crippen molar-refractivity contribution < 1.29 is 8.78 Å². The molecular weight excluding hydrogens is 324 g/mol. The van der Waals surface area contributed by atoms with Crippen molar-refractivity contribution in [3.05, 3.63) is 26.0 Å². The highest BCUT2D eigenvalue weighted by Gasteiger charge is 2.18. The highest BCUT2D eigenvalue weighted by atomic mass is 127. The van der Waals surface area contributed by atoms with Crippen LogP contribution in [0.25, 0.3) is 0 Å². The van der Waals surface area contributed by atoms with Crippen molar-refractivity contribution in [2.24, 2.45) is 0 Å². The first-order valence-corrected chi connectivity index (χ1v) is 5.01. The summed E-state index contributed by atoms with van der Waals surface area (Å²) >= 11 is 7.53. The molecule has 2 nitrogen and oxygen atoms in total. The van der Waals surface area contributed by atoms with Gasteiger partial charge in [-0.15, -0.1) is 0 Å². The van der Waals surface area contributed by atoms with Crippen LogP contribution >= 0.6 is 34.2 Å². The molecule has 0 aliphatic heterocycles. The van der Waals surface area contributed by atoms with Crippen LogP contribution in [0.4, 0.5) is 8.78 Å². The van der Waals surface area contributed by atoms with E-state index in [4.69, 9.17) is 16.9 Å². The van der Waals surface area contributed by atoms with Crippen LogP contribution < -0.4 is 0 Å². The fraction of sp³-hybridized carbons (Fsp3) is 0.250. The van der Waals surface area contributed by atoms with Gasteiger partial charge in [0.05, 0.1) is 17.5 Å². The van der Waals surface area contributed by atoms with Crippen molar-refractivity contribution in [2.75, 3.05) is 0 Å². The van der Waals surface area contributed by atoms with Crippen LogP contribution in [0.5, 0.6) is 0 Å². The van der Waals surface area contributed by atoms with Crippen molar-refractivity contribution in [1.29, 1.82) is 5.26 Å². The molecule has 0 unspecified atom stereocenters. The molecule has 1 aromatic rings. The van der Waals surface area contributed by atoms with Crippen LogP contribution in [0, 0.1) is 14.9 Å². The number of halogens is 4. The molecule has 0 N–H and O–H groups in total. The molecule has 1 aromatic heterocycles. The van der Waals surface area contributed by atoms with Gasteiger partial charge in [0, 0.05) is 15.3 Å². The number of aromatic nitrogens is 1. The minimum absolute atomic E-state index is 0.106. The quantitative estimate of drug-likeness (QED) is 0.781. The summed E-state index contributed by atoms with van der Waals surface area (Å²) in [5.41, 5.74) is -0.143. The topological polar surface area (TPSA) is 36.7 Å². The lowest BCUT2D eigenvalue weighted by Gasteiger charge is -2.07. The zero-order valence-corrected chi connectivity index (χ0v) is 9.68. The monoisotopic (exact) mass is 328 g/mol. The normalized spacial score (nSPS) is 10.3. The number of nitrogens with zero attached hydrogens (tertiary/aromatic N) is 2. The van der Waals surface area contributed by atoms with E-state index in [0.29, 0.717) is 8.59 Å². The summed E-state index contributed by atoms with van der Waals surface area (Å²) in [6, 6.07) is 1.81. The molecule has 0 radical (unpaired) electrons. The number of pyridine rings is 1. The van der Waals surface area contributed by atoms with Crippen molar-refractivity contribution in [1.82, 2.24) is 4.98 Å². The second-order valence-corrected chi connectivity index (χ2v) is 3.91. The van der Waals surface area contributed by atoms with E-state index in [9.17, 15) is 8.78 Å². The smallest absolute Gasteiger partial charge is 0.253 e. The third kappa shape index (κ3) is 2.30. The highest BCUT2D eigenvalue weighted by Crippen LogP contribution is 2.29. The number of rotatable bonds is 2. The Morgan fingerprint density at radius 2 is 2.29 bits per heavy atom. The summed E-state index contributed by atoms with van der Waals surface area (Å²) in [4.78, 5) is 3.52. The second-order valence-electron chi connectivity index (χ2n) is 2.42. The molecule has 0 saturated heterocycles. The summed E-state index contributed by atoms with van der Waals surface area (Å²) in [7, 11) is 0.